The fourth-order valence-electron chi connectivity index (χ4n) is 2.55. The summed E-state index contributed by atoms with van der Waals surface area (Å²) in [6, 6.07) is 0.573. The largest absolute Gasteiger partial charge is 0.370 e. The number of unbranched alkanes of at least 4 members (excludes halogenated alkanes) is 1. The molecule has 3 aliphatic rings. The Kier molecular flexibility index (Phi) is 7.25. The van der Waals surface area contributed by atoms with Crippen LogP contribution in [0.1, 0.15) is 19.8 Å². The monoisotopic (exact) mass is 367 g/mol. The van der Waals surface area contributed by atoms with Crippen molar-refractivity contribution in [1.82, 2.24) is 15.1 Å². The van der Waals surface area contributed by atoms with E-state index in [0.29, 0.717) is 12.0 Å². The summed E-state index contributed by atoms with van der Waals surface area (Å²) >= 11 is 0. The lowest BCUT2D eigenvalue weighted by molar-refractivity contribution is 0.0174. The van der Waals surface area contributed by atoms with Crippen LogP contribution in [0.5, 0.6) is 0 Å². The van der Waals surface area contributed by atoms with E-state index in [1.165, 1.54) is 32.6 Å². The van der Waals surface area contributed by atoms with Gasteiger partial charge in [0.1, 0.15) is 0 Å². The summed E-state index contributed by atoms with van der Waals surface area (Å²) < 4.78 is 0. The number of aliphatic imine (C=N–C) groups is 1. The van der Waals surface area contributed by atoms with Crippen molar-refractivity contribution in [3.63, 3.8) is 0 Å². The molecule has 0 aromatic rings. The molecule has 0 aromatic carbocycles. The van der Waals surface area contributed by atoms with Crippen LogP contribution in [-0.4, -0.2) is 67.6 Å². The highest BCUT2D eigenvalue weighted by Crippen LogP contribution is 2.15. The quantitative estimate of drug-likeness (QED) is 0.318. The van der Waals surface area contributed by atoms with E-state index >= 15 is 0 Å². The second-order valence-electron chi connectivity index (χ2n) is 5.00. The number of halogens is 1. The van der Waals surface area contributed by atoms with Crippen LogP contribution in [-0.2, 0) is 0 Å². The molecule has 0 spiro atoms. The number of nitrogens with one attached hydrogen (secondary N) is 1. The number of nitrogens with zero attached hydrogens (tertiary/aromatic N) is 3. The molecule has 0 aliphatic carbocycles. The molecule has 1 unspecified atom stereocenters. The van der Waals surface area contributed by atoms with Crippen LogP contribution in [0.2, 0.25) is 0 Å². The van der Waals surface area contributed by atoms with Crippen LogP contribution >= 0.6 is 24.0 Å². The Hall–Kier alpha value is -0.0800. The molecular formula is C12H26IN5. The summed E-state index contributed by atoms with van der Waals surface area (Å²) in [5.74, 6) is 0.607. The summed E-state index contributed by atoms with van der Waals surface area (Å²) in [7, 11) is 0. The minimum absolute atomic E-state index is 0. The van der Waals surface area contributed by atoms with Crippen molar-refractivity contribution in [2.24, 2.45) is 10.7 Å². The lowest BCUT2D eigenvalue weighted by atomic mass is 10.1. The number of fused-ring (bicyclic) bond motifs is 3. The van der Waals surface area contributed by atoms with Crippen molar-refractivity contribution in [2.45, 2.75) is 25.8 Å². The average Bonchev–Trinajstić information content (AvgIpc) is 2.38. The zero-order valence-electron chi connectivity index (χ0n) is 11.3. The van der Waals surface area contributed by atoms with Crippen molar-refractivity contribution in [2.75, 3.05) is 45.8 Å². The van der Waals surface area contributed by atoms with E-state index in [1.54, 1.807) is 0 Å². The van der Waals surface area contributed by atoms with Gasteiger partial charge in [-0.25, -0.2) is 0 Å². The van der Waals surface area contributed by atoms with Gasteiger partial charge in [-0.05, 0) is 6.42 Å². The number of hydrogen-bond acceptors (Lipinski definition) is 3. The lowest BCUT2D eigenvalue weighted by Crippen LogP contribution is -2.61. The fourth-order valence-corrected chi connectivity index (χ4v) is 2.55. The maximum atomic E-state index is 5.84. The molecule has 3 heterocycles. The van der Waals surface area contributed by atoms with Crippen LogP contribution in [0, 0.1) is 0 Å². The third-order valence-corrected chi connectivity index (χ3v) is 3.70. The maximum Gasteiger partial charge on any atom is 0.188 e. The number of guanidine groups is 1. The van der Waals surface area contributed by atoms with Crippen molar-refractivity contribution < 1.29 is 0 Å². The van der Waals surface area contributed by atoms with E-state index in [4.69, 9.17) is 5.73 Å². The molecule has 6 heteroatoms. The van der Waals surface area contributed by atoms with Gasteiger partial charge in [0.05, 0.1) is 6.54 Å². The summed E-state index contributed by atoms with van der Waals surface area (Å²) in [5, 5.41) is 3.16. The number of piperazine rings is 3. The van der Waals surface area contributed by atoms with Gasteiger partial charge in [0.2, 0.25) is 0 Å². The SMILES string of the molecule is CCCCNC(N)=NCC1CN2CCN1CC2.I. The second-order valence-corrected chi connectivity index (χ2v) is 5.00. The highest BCUT2D eigenvalue weighted by atomic mass is 127. The smallest absolute Gasteiger partial charge is 0.188 e. The molecule has 0 amide bonds. The minimum Gasteiger partial charge on any atom is -0.370 e. The summed E-state index contributed by atoms with van der Waals surface area (Å²) in [6.07, 6.45) is 2.34. The molecule has 0 radical (unpaired) electrons. The summed E-state index contributed by atoms with van der Waals surface area (Å²) in [6.45, 7) is 9.96. The van der Waals surface area contributed by atoms with Crippen LogP contribution in [0.15, 0.2) is 4.99 Å². The molecule has 0 aromatic heterocycles. The molecule has 5 nitrogen and oxygen atoms in total. The van der Waals surface area contributed by atoms with E-state index in [-0.39, 0.29) is 24.0 Å². The van der Waals surface area contributed by atoms with Crippen LogP contribution in [0.25, 0.3) is 0 Å². The Morgan fingerprint density at radius 1 is 1.33 bits per heavy atom. The Bertz CT molecular complexity index is 263. The van der Waals surface area contributed by atoms with E-state index in [9.17, 15) is 0 Å². The average molecular weight is 367 g/mol. The summed E-state index contributed by atoms with van der Waals surface area (Å²) in [5.41, 5.74) is 5.84. The highest BCUT2D eigenvalue weighted by Gasteiger charge is 2.31. The number of rotatable bonds is 5. The van der Waals surface area contributed by atoms with Crippen molar-refractivity contribution >= 4 is 29.9 Å². The van der Waals surface area contributed by atoms with Gasteiger partial charge in [-0.15, -0.1) is 24.0 Å². The lowest BCUT2D eigenvalue weighted by Gasteiger charge is -2.47. The van der Waals surface area contributed by atoms with Gasteiger partial charge >= 0.3 is 0 Å². The van der Waals surface area contributed by atoms with Crippen LogP contribution in [0.4, 0.5) is 0 Å². The third-order valence-electron chi connectivity index (χ3n) is 3.70. The molecule has 3 fully saturated rings. The minimum atomic E-state index is 0. The van der Waals surface area contributed by atoms with E-state index in [1.807, 2.05) is 0 Å². The van der Waals surface area contributed by atoms with Crippen molar-refractivity contribution in [3.8, 4) is 0 Å². The molecule has 3 saturated heterocycles. The van der Waals surface area contributed by atoms with Crippen LogP contribution < -0.4 is 11.1 Å². The third kappa shape index (κ3) is 4.55. The Labute approximate surface area is 127 Å². The molecule has 3 aliphatic heterocycles. The first-order chi connectivity index (χ1) is 8.29. The van der Waals surface area contributed by atoms with Gasteiger partial charge < -0.3 is 11.1 Å². The summed E-state index contributed by atoms with van der Waals surface area (Å²) in [4.78, 5) is 9.53. The normalized spacial score (nSPS) is 30.9. The first-order valence-corrected chi connectivity index (χ1v) is 6.80. The van der Waals surface area contributed by atoms with Gasteiger partial charge in [0.25, 0.3) is 0 Å². The predicted octanol–water partition coefficient (Wildman–Crippen LogP) is 0.309. The van der Waals surface area contributed by atoms with Gasteiger partial charge in [0.15, 0.2) is 5.96 Å². The molecule has 3 rings (SSSR count). The molecular weight excluding hydrogens is 341 g/mol. The fraction of sp³-hybridized carbons (Fsp3) is 0.917. The first kappa shape index (κ1) is 16.0. The predicted molar refractivity (Wildman–Crippen MR) is 86.6 cm³/mol. The van der Waals surface area contributed by atoms with E-state index in [2.05, 4.69) is 27.0 Å². The Balaban J connectivity index is 0.00000162. The zero-order chi connectivity index (χ0) is 12.1. The van der Waals surface area contributed by atoms with Gasteiger partial charge in [-0.1, -0.05) is 13.3 Å². The molecule has 1 atom stereocenters. The highest BCUT2D eigenvalue weighted by molar-refractivity contribution is 14.0. The second kappa shape index (κ2) is 8.16. The van der Waals surface area contributed by atoms with Gasteiger partial charge in [-0.2, -0.15) is 0 Å². The first-order valence-electron chi connectivity index (χ1n) is 6.80. The van der Waals surface area contributed by atoms with Crippen molar-refractivity contribution in [3.05, 3.63) is 0 Å². The molecule has 106 valence electrons. The number of hydrogen-bond donors (Lipinski definition) is 2. The Morgan fingerprint density at radius 3 is 2.61 bits per heavy atom. The van der Waals surface area contributed by atoms with Gasteiger partial charge in [-0.3, -0.25) is 14.8 Å². The standard InChI is InChI=1S/C12H25N5.HI/c1-2-3-4-14-12(13)15-9-11-10-16-5-7-17(11)8-6-16;/h11H,2-10H2,1H3,(H3,13,14,15);1H. The van der Waals surface area contributed by atoms with E-state index < -0.39 is 0 Å². The Morgan fingerprint density at radius 2 is 2.06 bits per heavy atom. The molecule has 0 saturated carbocycles. The van der Waals surface area contributed by atoms with Crippen molar-refractivity contribution in [1.29, 1.82) is 0 Å². The topological polar surface area (TPSA) is 56.9 Å². The van der Waals surface area contributed by atoms with Gasteiger partial charge in [0, 0.05) is 45.3 Å². The van der Waals surface area contributed by atoms with Crippen LogP contribution in [0.3, 0.4) is 0 Å². The zero-order valence-corrected chi connectivity index (χ0v) is 13.6. The number of nitrogens with two attached hydrogens (primary N) is 1. The molecule has 3 N–H and O–H groups in total. The molecule has 2 bridgehead atoms. The molecule has 18 heavy (non-hydrogen) atoms. The van der Waals surface area contributed by atoms with E-state index in [0.717, 1.165) is 26.1 Å². The maximum absolute atomic E-state index is 5.84.